The number of halogens is 1. The number of ether oxygens (including phenoxy) is 3. The normalized spacial score (nSPS) is 14.8. The minimum absolute atomic E-state index is 0.0966. The van der Waals surface area contributed by atoms with Crippen molar-refractivity contribution >= 4 is 34.0 Å². The van der Waals surface area contributed by atoms with E-state index >= 15 is 0 Å². The van der Waals surface area contributed by atoms with Crippen LogP contribution in [0, 0.1) is 0 Å². The molecular weight excluding hydrogens is 464 g/mol. The molecule has 0 bridgehead atoms. The number of benzene rings is 3. The van der Waals surface area contributed by atoms with Crippen molar-refractivity contribution < 1.29 is 23.8 Å². The van der Waals surface area contributed by atoms with Gasteiger partial charge in [0.1, 0.15) is 12.4 Å². The summed E-state index contributed by atoms with van der Waals surface area (Å²) in [7, 11) is 0. The van der Waals surface area contributed by atoms with Crippen LogP contribution in [-0.2, 0) is 4.79 Å². The molecule has 0 spiro atoms. The Morgan fingerprint density at radius 1 is 1.03 bits per heavy atom. The Morgan fingerprint density at radius 3 is 2.68 bits per heavy atom. The number of carbonyl (C=O) groups excluding carboxylic acids is 2. The molecule has 0 aromatic heterocycles. The molecule has 0 saturated carbocycles. The summed E-state index contributed by atoms with van der Waals surface area (Å²) in [6, 6.07) is 20.9. The second-order valence-electron chi connectivity index (χ2n) is 6.57. The van der Waals surface area contributed by atoms with Gasteiger partial charge < -0.3 is 14.2 Å². The smallest absolute Gasteiger partial charge is 0.343 e. The van der Waals surface area contributed by atoms with Gasteiger partial charge in [-0.25, -0.2) is 10.2 Å². The van der Waals surface area contributed by atoms with Crippen LogP contribution in [0.3, 0.4) is 0 Å². The maximum atomic E-state index is 12.3. The van der Waals surface area contributed by atoms with Gasteiger partial charge in [0.05, 0.1) is 11.8 Å². The second kappa shape index (κ2) is 9.44. The van der Waals surface area contributed by atoms with Gasteiger partial charge in [0.25, 0.3) is 5.91 Å². The molecule has 0 aliphatic carbocycles. The molecule has 31 heavy (non-hydrogen) atoms. The molecular formula is C23H17BrN2O5. The van der Waals surface area contributed by atoms with Crippen LogP contribution in [0.4, 0.5) is 0 Å². The van der Waals surface area contributed by atoms with Crippen LogP contribution in [0.5, 0.6) is 17.2 Å². The van der Waals surface area contributed by atoms with E-state index in [2.05, 4.69) is 26.5 Å². The van der Waals surface area contributed by atoms with Crippen molar-refractivity contribution in [3.63, 3.8) is 0 Å². The highest BCUT2D eigenvalue weighted by molar-refractivity contribution is 9.10. The van der Waals surface area contributed by atoms with Crippen molar-refractivity contribution in [2.45, 2.75) is 6.10 Å². The fraction of sp³-hybridized carbons (Fsp3) is 0.0870. The predicted octanol–water partition coefficient (Wildman–Crippen LogP) is 3.96. The largest absolute Gasteiger partial charge is 0.485 e. The van der Waals surface area contributed by atoms with Gasteiger partial charge in [-0.15, -0.1) is 0 Å². The van der Waals surface area contributed by atoms with Crippen LogP contribution in [0.25, 0.3) is 0 Å². The van der Waals surface area contributed by atoms with Crippen LogP contribution < -0.4 is 19.6 Å². The molecule has 3 aromatic rings. The molecule has 0 saturated heterocycles. The Hall–Kier alpha value is -3.65. The minimum atomic E-state index is -0.801. The standard InChI is InChI=1S/C23H17BrN2O5/c24-17-7-4-6-16(12-17)23(28)30-18-8-3-5-15(11-18)13-25-26-22(27)21-14-29-19-9-1-2-10-20(19)31-21/h1-13,21H,14H2,(H,26,27). The molecule has 0 fully saturated rings. The zero-order valence-electron chi connectivity index (χ0n) is 16.2. The quantitative estimate of drug-likeness (QED) is 0.258. The van der Waals surface area contributed by atoms with Crippen molar-refractivity contribution in [3.05, 3.63) is 88.4 Å². The van der Waals surface area contributed by atoms with E-state index in [1.54, 1.807) is 60.7 Å². The maximum absolute atomic E-state index is 12.3. The summed E-state index contributed by atoms with van der Waals surface area (Å²) in [5, 5.41) is 3.96. The Balaban J connectivity index is 1.34. The second-order valence-corrected chi connectivity index (χ2v) is 7.49. The zero-order valence-corrected chi connectivity index (χ0v) is 17.7. The summed E-state index contributed by atoms with van der Waals surface area (Å²) >= 11 is 3.33. The SMILES string of the molecule is O=C(Oc1cccc(C=NNC(=O)C2COc3ccccc3O2)c1)c1cccc(Br)c1. The molecule has 1 unspecified atom stereocenters. The van der Waals surface area contributed by atoms with Crippen LogP contribution in [0.15, 0.2) is 82.4 Å². The molecule has 1 amide bonds. The molecule has 4 rings (SSSR count). The number of hydrogen-bond donors (Lipinski definition) is 1. The molecule has 0 radical (unpaired) electrons. The van der Waals surface area contributed by atoms with Gasteiger partial charge in [-0.3, -0.25) is 4.79 Å². The highest BCUT2D eigenvalue weighted by atomic mass is 79.9. The predicted molar refractivity (Wildman–Crippen MR) is 118 cm³/mol. The van der Waals surface area contributed by atoms with Crippen LogP contribution >= 0.6 is 15.9 Å². The van der Waals surface area contributed by atoms with Crippen molar-refractivity contribution in [1.82, 2.24) is 5.43 Å². The van der Waals surface area contributed by atoms with E-state index in [9.17, 15) is 9.59 Å². The third kappa shape index (κ3) is 5.29. The lowest BCUT2D eigenvalue weighted by molar-refractivity contribution is -0.130. The average molecular weight is 481 g/mol. The summed E-state index contributed by atoms with van der Waals surface area (Å²) in [6.07, 6.45) is 0.649. The van der Waals surface area contributed by atoms with Crippen LogP contribution in [-0.4, -0.2) is 30.8 Å². The fourth-order valence-electron chi connectivity index (χ4n) is 2.83. The van der Waals surface area contributed by atoms with Gasteiger partial charge in [0.2, 0.25) is 6.10 Å². The van der Waals surface area contributed by atoms with Crippen LogP contribution in [0.2, 0.25) is 0 Å². The summed E-state index contributed by atoms with van der Waals surface area (Å²) in [6.45, 7) is 0.0966. The topological polar surface area (TPSA) is 86.2 Å². The number of amides is 1. The number of esters is 1. The van der Waals surface area contributed by atoms with Crippen molar-refractivity contribution in [2.75, 3.05) is 6.61 Å². The molecule has 1 N–H and O–H groups in total. The first-order valence-corrected chi connectivity index (χ1v) is 10.2. The minimum Gasteiger partial charge on any atom is -0.485 e. The van der Waals surface area contributed by atoms with E-state index < -0.39 is 18.0 Å². The summed E-state index contributed by atoms with van der Waals surface area (Å²) in [5.41, 5.74) is 3.51. The van der Waals surface area contributed by atoms with E-state index in [0.29, 0.717) is 28.4 Å². The monoisotopic (exact) mass is 480 g/mol. The van der Waals surface area contributed by atoms with Crippen molar-refractivity contribution in [2.24, 2.45) is 5.10 Å². The molecule has 1 aliphatic rings. The average Bonchev–Trinajstić information content (AvgIpc) is 2.79. The van der Waals surface area contributed by atoms with E-state index in [-0.39, 0.29) is 6.61 Å². The first kappa shape index (κ1) is 20.6. The number of nitrogens with one attached hydrogen (secondary N) is 1. The van der Waals surface area contributed by atoms with E-state index in [4.69, 9.17) is 14.2 Å². The third-order valence-electron chi connectivity index (χ3n) is 4.32. The molecule has 3 aromatic carbocycles. The van der Waals surface area contributed by atoms with Crippen LogP contribution in [0.1, 0.15) is 15.9 Å². The molecule has 156 valence electrons. The van der Waals surface area contributed by atoms with E-state index in [1.165, 1.54) is 6.21 Å². The molecule has 7 nitrogen and oxygen atoms in total. The number of rotatable bonds is 5. The number of hydrazone groups is 1. The molecule has 1 atom stereocenters. The summed E-state index contributed by atoms with van der Waals surface area (Å²) in [4.78, 5) is 24.6. The number of nitrogens with zero attached hydrogens (tertiary/aromatic N) is 1. The number of carbonyl (C=O) groups is 2. The van der Waals surface area contributed by atoms with Gasteiger partial charge in [0.15, 0.2) is 11.5 Å². The number of fused-ring (bicyclic) bond motifs is 1. The van der Waals surface area contributed by atoms with Gasteiger partial charge in [-0.1, -0.05) is 46.3 Å². The third-order valence-corrected chi connectivity index (χ3v) is 4.81. The first-order chi connectivity index (χ1) is 15.1. The summed E-state index contributed by atoms with van der Waals surface area (Å²) in [5.74, 6) is 0.574. The molecule has 8 heteroatoms. The highest BCUT2D eigenvalue weighted by Crippen LogP contribution is 2.30. The van der Waals surface area contributed by atoms with Gasteiger partial charge in [-0.05, 0) is 48.0 Å². The fourth-order valence-corrected chi connectivity index (χ4v) is 3.23. The van der Waals surface area contributed by atoms with Gasteiger partial charge in [-0.2, -0.15) is 5.10 Å². The first-order valence-electron chi connectivity index (χ1n) is 9.38. The van der Waals surface area contributed by atoms with Gasteiger partial charge in [0, 0.05) is 4.47 Å². The molecule has 1 aliphatic heterocycles. The summed E-state index contributed by atoms with van der Waals surface area (Å²) < 4.78 is 17.4. The van der Waals surface area contributed by atoms with Crippen molar-refractivity contribution in [1.29, 1.82) is 0 Å². The lowest BCUT2D eigenvalue weighted by Gasteiger charge is -2.24. The lowest BCUT2D eigenvalue weighted by Crippen LogP contribution is -2.42. The number of para-hydroxylation sites is 2. The van der Waals surface area contributed by atoms with E-state index in [0.717, 1.165) is 4.47 Å². The van der Waals surface area contributed by atoms with Gasteiger partial charge >= 0.3 is 5.97 Å². The Labute approximate surface area is 186 Å². The maximum Gasteiger partial charge on any atom is 0.343 e. The highest BCUT2D eigenvalue weighted by Gasteiger charge is 2.26. The number of hydrogen-bond acceptors (Lipinski definition) is 6. The lowest BCUT2D eigenvalue weighted by atomic mass is 10.2. The zero-order chi connectivity index (χ0) is 21.6. The Morgan fingerprint density at radius 2 is 1.84 bits per heavy atom. The van der Waals surface area contributed by atoms with E-state index in [1.807, 2.05) is 12.1 Å². The molecule has 1 heterocycles. The van der Waals surface area contributed by atoms with Crippen molar-refractivity contribution in [3.8, 4) is 17.2 Å². The Kier molecular flexibility index (Phi) is 6.28. The Bertz CT molecular complexity index is 1150.